The van der Waals surface area contributed by atoms with Gasteiger partial charge in [-0.05, 0) is 11.1 Å². The number of ether oxygens (including phenoxy) is 2. The Morgan fingerprint density at radius 3 is 2.61 bits per heavy atom. The largest absolute Gasteiger partial charge is 0.467 e. The molecule has 0 bridgehead atoms. The molecule has 1 atom stereocenters. The van der Waals surface area contributed by atoms with Gasteiger partial charge in [-0.1, -0.05) is 24.3 Å². The number of nitrogens with zero attached hydrogens (tertiary/aromatic N) is 2. The first kappa shape index (κ1) is 16.0. The number of amides is 1. The molecule has 0 N–H and O–H groups in total. The minimum absolute atomic E-state index is 0.0307. The van der Waals surface area contributed by atoms with Gasteiger partial charge in [-0.3, -0.25) is 9.69 Å². The molecule has 1 amide bonds. The molecule has 1 aromatic rings. The van der Waals surface area contributed by atoms with E-state index in [0.717, 1.165) is 24.2 Å². The van der Waals surface area contributed by atoms with Crippen molar-refractivity contribution in [3.05, 3.63) is 35.4 Å². The van der Waals surface area contributed by atoms with Crippen molar-refractivity contribution in [1.29, 1.82) is 0 Å². The summed E-state index contributed by atoms with van der Waals surface area (Å²) >= 11 is 0. The van der Waals surface area contributed by atoms with Gasteiger partial charge in [0.2, 0.25) is 5.91 Å². The lowest BCUT2D eigenvalue weighted by Crippen LogP contribution is -2.53. The Kier molecular flexibility index (Phi) is 4.93. The fraction of sp³-hybridized carbons (Fsp3) is 0.529. The Bertz CT molecular complexity index is 584. The van der Waals surface area contributed by atoms with Crippen LogP contribution in [0.5, 0.6) is 0 Å². The summed E-state index contributed by atoms with van der Waals surface area (Å²) in [7, 11) is 1.37. The standard InChI is InChI=1S/C17H22N2O4/c1-22-17(21)15-10-13-4-2-3-5-14(13)11-19(15)16(20)12-18-6-8-23-9-7-18/h2-5,15H,6-12H2,1H3. The van der Waals surface area contributed by atoms with E-state index in [1.54, 1.807) is 4.90 Å². The fourth-order valence-corrected chi connectivity index (χ4v) is 3.17. The highest BCUT2D eigenvalue weighted by Crippen LogP contribution is 2.24. The summed E-state index contributed by atoms with van der Waals surface area (Å²) in [5, 5.41) is 0. The zero-order chi connectivity index (χ0) is 16.2. The molecule has 124 valence electrons. The third-order valence-corrected chi connectivity index (χ3v) is 4.50. The average Bonchev–Trinajstić information content (AvgIpc) is 2.60. The molecule has 0 saturated carbocycles. The van der Waals surface area contributed by atoms with Crippen LogP contribution in [0, 0.1) is 0 Å². The molecule has 3 rings (SSSR count). The van der Waals surface area contributed by atoms with Crippen LogP contribution in [0.1, 0.15) is 11.1 Å². The lowest BCUT2D eigenvalue weighted by molar-refractivity contribution is -0.154. The lowest BCUT2D eigenvalue weighted by Gasteiger charge is -2.37. The van der Waals surface area contributed by atoms with E-state index in [2.05, 4.69) is 4.90 Å². The van der Waals surface area contributed by atoms with Gasteiger partial charge >= 0.3 is 5.97 Å². The van der Waals surface area contributed by atoms with Gasteiger partial charge in [0, 0.05) is 26.1 Å². The number of rotatable bonds is 3. The number of methoxy groups -OCH3 is 1. The first-order valence-electron chi connectivity index (χ1n) is 7.93. The van der Waals surface area contributed by atoms with Gasteiger partial charge in [0.05, 0.1) is 26.9 Å². The van der Waals surface area contributed by atoms with Crippen LogP contribution in [0.2, 0.25) is 0 Å². The molecule has 0 aliphatic carbocycles. The fourth-order valence-electron chi connectivity index (χ4n) is 3.17. The Morgan fingerprint density at radius 1 is 1.22 bits per heavy atom. The summed E-state index contributed by atoms with van der Waals surface area (Å²) in [5.41, 5.74) is 2.21. The predicted molar refractivity (Wildman–Crippen MR) is 83.8 cm³/mol. The highest BCUT2D eigenvalue weighted by molar-refractivity contribution is 5.86. The summed E-state index contributed by atoms with van der Waals surface area (Å²) in [4.78, 5) is 28.6. The summed E-state index contributed by atoms with van der Waals surface area (Å²) in [6.07, 6.45) is 0.512. The van der Waals surface area contributed by atoms with Crippen molar-refractivity contribution < 1.29 is 19.1 Å². The second-order valence-corrected chi connectivity index (χ2v) is 5.92. The highest BCUT2D eigenvalue weighted by atomic mass is 16.5. The molecule has 1 saturated heterocycles. The second kappa shape index (κ2) is 7.10. The molecule has 23 heavy (non-hydrogen) atoms. The van der Waals surface area contributed by atoms with Gasteiger partial charge in [0.1, 0.15) is 6.04 Å². The number of morpholine rings is 1. The van der Waals surface area contributed by atoms with Gasteiger partial charge in [-0.2, -0.15) is 0 Å². The van der Waals surface area contributed by atoms with E-state index in [-0.39, 0.29) is 11.9 Å². The van der Waals surface area contributed by atoms with Crippen LogP contribution in [-0.2, 0) is 32.0 Å². The van der Waals surface area contributed by atoms with Crippen molar-refractivity contribution in [3.63, 3.8) is 0 Å². The van der Waals surface area contributed by atoms with Crippen LogP contribution >= 0.6 is 0 Å². The molecular formula is C17H22N2O4. The number of fused-ring (bicyclic) bond motifs is 1. The number of benzene rings is 1. The van der Waals surface area contributed by atoms with Crippen LogP contribution in [0.15, 0.2) is 24.3 Å². The molecule has 2 aliphatic rings. The smallest absolute Gasteiger partial charge is 0.328 e. The summed E-state index contributed by atoms with van der Waals surface area (Å²) < 4.78 is 10.2. The molecule has 6 nitrogen and oxygen atoms in total. The minimum atomic E-state index is -0.538. The van der Waals surface area contributed by atoms with Crippen molar-refractivity contribution in [2.75, 3.05) is 40.0 Å². The lowest BCUT2D eigenvalue weighted by atomic mass is 9.94. The topological polar surface area (TPSA) is 59.1 Å². The van der Waals surface area contributed by atoms with Crippen LogP contribution < -0.4 is 0 Å². The van der Waals surface area contributed by atoms with E-state index in [4.69, 9.17) is 9.47 Å². The quantitative estimate of drug-likeness (QED) is 0.757. The van der Waals surface area contributed by atoms with Crippen molar-refractivity contribution in [2.24, 2.45) is 0 Å². The van der Waals surface area contributed by atoms with Crippen LogP contribution in [0.25, 0.3) is 0 Å². The molecule has 6 heteroatoms. The normalized spacial score (nSPS) is 21.6. The molecule has 1 unspecified atom stereocenters. The predicted octanol–water partition coefficient (Wildman–Crippen LogP) is 0.445. The maximum atomic E-state index is 12.7. The Balaban J connectivity index is 1.76. The van der Waals surface area contributed by atoms with Gasteiger partial charge < -0.3 is 14.4 Å². The van der Waals surface area contributed by atoms with Crippen molar-refractivity contribution >= 4 is 11.9 Å². The number of carbonyl (C=O) groups excluding carboxylic acids is 2. The molecule has 0 spiro atoms. The maximum Gasteiger partial charge on any atom is 0.328 e. The van der Waals surface area contributed by atoms with Gasteiger partial charge in [-0.15, -0.1) is 0 Å². The summed E-state index contributed by atoms with van der Waals surface area (Å²) in [5.74, 6) is -0.383. The van der Waals surface area contributed by atoms with Crippen molar-refractivity contribution in [3.8, 4) is 0 Å². The Labute approximate surface area is 136 Å². The van der Waals surface area contributed by atoms with E-state index in [1.807, 2.05) is 24.3 Å². The first-order chi connectivity index (χ1) is 11.2. The van der Waals surface area contributed by atoms with Gasteiger partial charge in [0.25, 0.3) is 0 Å². The van der Waals surface area contributed by atoms with Gasteiger partial charge in [0.15, 0.2) is 0 Å². The maximum absolute atomic E-state index is 12.7. The Morgan fingerprint density at radius 2 is 1.91 bits per heavy atom. The highest BCUT2D eigenvalue weighted by Gasteiger charge is 2.35. The van der Waals surface area contributed by atoms with E-state index < -0.39 is 6.04 Å². The van der Waals surface area contributed by atoms with E-state index in [9.17, 15) is 9.59 Å². The van der Waals surface area contributed by atoms with E-state index in [0.29, 0.717) is 32.7 Å². The molecule has 1 aromatic carbocycles. The van der Waals surface area contributed by atoms with Crippen LogP contribution in [0.4, 0.5) is 0 Å². The number of esters is 1. The number of hydrogen-bond donors (Lipinski definition) is 0. The molecular weight excluding hydrogens is 296 g/mol. The molecule has 1 fully saturated rings. The minimum Gasteiger partial charge on any atom is -0.467 e. The third-order valence-electron chi connectivity index (χ3n) is 4.50. The monoisotopic (exact) mass is 318 g/mol. The van der Waals surface area contributed by atoms with Crippen molar-refractivity contribution in [1.82, 2.24) is 9.80 Å². The average molecular weight is 318 g/mol. The van der Waals surface area contributed by atoms with E-state index in [1.165, 1.54) is 7.11 Å². The molecule has 2 heterocycles. The number of carbonyl (C=O) groups is 2. The van der Waals surface area contributed by atoms with E-state index >= 15 is 0 Å². The first-order valence-corrected chi connectivity index (χ1v) is 7.93. The van der Waals surface area contributed by atoms with Gasteiger partial charge in [-0.25, -0.2) is 4.79 Å². The zero-order valence-corrected chi connectivity index (χ0v) is 13.4. The Hall–Kier alpha value is -1.92. The molecule has 0 aromatic heterocycles. The summed E-state index contributed by atoms with van der Waals surface area (Å²) in [6, 6.07) is 7.40. The SMILES string of the molecule is COC(=O)C1Cc2ccccc2CN1C(=O)CN1CCOCC1. The number of hydrogen-bond acceptors (Lipinski definition) is 5. The van der Waals surface area contributed by atoms with Crippen LogP contribution in [0.3, 0.4) is 0 Å². The van der Waals surface area contributed by atoms with Crippen LogP contribution in [-0.4, -0.2) is 67.7 Å². The zero-order valence-electron chi connectivity index (χ0n) is 13.4. The molecule has 2 aliphatic heterocycles. The third kappa shape index (κ3) is 3.54. The second-order valence-electron chi connectivity index (χ2n) is 5.92. The van der Waals surface area contributed by atoms with Crippen molar-refractivity contribution in [2.45, 2.75) is 19.0 Å². The summed E-state index contributed by atoms with van der Waals surface area (Å²) in [6.45, 7) is 3.57. The molecule has 0 radical (unpaired) electrons.